The van der Waals surface area contributed by atoms with Gasteiger partial charge in [0.05, 0.1) is 0 Å². The van der Waals surface area contributed by atoms with Crippen molar-refractivity contribution in [1.29, 1.82) is 0 Å². The second-order valence-electron chi connectivity index (χ2n) is 3.28. The van der Waals surface area contributed by atoms with Crippen LogP contribution in [-0.4, -0.2) is 18.9 Å². The van der Waals surface area contributed by atoms with Gasteiger partial charge in [0.25, 0.3) is 0 Å². The van der Waals surface area contributed by atoms with Gasteiger partial charge in [-0.15, -0.1) is 0 Å². The van der Waals surface area contributed by atoms with Crippen LogP contribution in [-0.2, 0) is 0 Å². The van der Waals surface area contributed by atoms with Gasteiger partial charge in [0, 0.05) is 27.2 Å². The largest absolute Gasteiger partial charge is 0.316 e. The Morgan fingerprint density at radius 2 is 2.38 bits per heavy atom. The molecule has 2 nitrogen and oxygen atoms in total. The smallest absolute Gasteiger partial charge is 0.165 e. The lowest BCUT2D eigenvalue weighted by molar-refractivity contribution is 0.0945. The zero-order chi connectivity index (χ0) is 9.26. The number of thiophene rings is 1. The second kappa shape index (κ2) is 3.90. The number of halogens is 1. The molecule has 2 rings (SSSR count). The van der Waals surface area contributed by atoms with Crippen LogP contribution in [0.3, 0.4) is 0 Å². The molecule has 1 aliphatic rings. The Labute approximate surface area is 89.5 Å². The molecular weight excluding hydrogens is 250 g/mol. The van der Waals surface area contributed by atoms with Gasteiger partial charge in [0.1, 0.15) is 0 Å². The van der Waals surface area contributed by atoms with Crippen LogP contribution >= 0.6 is 27.3 Å². The van der Waals surface area contributed by atoms with Crippen LogP contribution in [0.5, 0.6) is 0 Å². The van der Waals surface area contributed by atoms with Crippen molar-refractivity contribution in [3.05, 3.63) is 20.8 Å². The van der Waals surface area contributed by atoms with Crippen LogP contribution in [0.1, 0.15) is 16.8 Å². The molecule has 1 aromatic rings. The average molecular weight is 260 g/mol. The Morgan fingerprint density at radius 3 is 2.85 bits per heavy atom. The summed E-state index contributed by atoms with van der Waals surface area (Å²) in [7, 11) is 0. The molecule has 0 bridgehead atoms. The number of nitrogens with one attached hydrogen (secondary N) is 1. The van der Waals surface area contributed by atoms with Crippen molar-refractivity contribution < 1.29 is 4.79 Å². The fraction of sp³-hybridized carbons (Fsp3) is 0.444. The SMILES string of the molecule is O=C(CC1CNC1)c1cscc1Br. The lowest BCUT2D eigenvalue weighted by Gasteiger charge is -2.26. The highest BCUT2D eigenvalue weighted by Crippen LogP contribution is 2.24. The van der Waals surface area contributed by atoms with E-state index < -0.39 is 0 Å². The first-order chi connectivity index (χ1) is 6.27. The van der Waals surface area contributed by atoms with Crippen molar-refractivity contribution in [1.82, 2.24) is 5.32 Å². The minimum absolute atomic E-state index is 0.264. The van der Waals surface area contributed by atoms with E-state index in [1.165, 1.54) is 0 Å². The quantitative estimate of drug-likeness (QED) is 0.845. The molecule has 70 valence electrons. The molecule has 1 fully saturated rings. The van der Waals surface area contributed by atoms with Gasteiger partial charge in [-0.25, -0.2) is 0 Å². The van der Waals surface area contributed by atoms with E-state index in [2.05, 4.69) is 21.2 Å². The summed E-state index contributed by atoms with van der Waals surface area (Å²) in [6, 6.07) is 0. The minimum atomic E-state index is 0.264. The number of hydrogen-bond donors (Lipinski definition) is 1. The molecule has 0 aromatic carbocycles. The molecule has 0 aliphatic carbocycles. The monoisotopic (exact) mass is 259 g/mol. The zero-order valence-corrected chi connectivity index (χ0v) is 9.45. The van der Waals surface area contributed by atoms with Gasteiger partial charge in [0.15, 0.2) is 5.78 Å². The normalized spacial score (nSPS) is 17.0. The highest BCUT2D eigenvalue weighted by molar-refractivity contribution is 9.10. The van der Waals surface area contributed by atoms with E-state index in [-0.39, 0.29) is 5.78 Å². The summed E-state index contributed by atoms with van der Waals surface area (Å²) in [6.07, 6.45) is 0.683. The van der Waals surface area contributed by atoms with Crippen molar-refractivity contribution in [2.75, 3.05) is 13.1 Å². The highest BCUT2D eigenvalue weighted by Gasteiger charge is 2.22. The van der Waals surface area contributed by atoms with E-state index in [4.69, 9.17) is 0 Å². The van der Waals surface area contributed by atoms with E-state index in [0.29, 0.717) is 12.3 Å². The first kappa shape index (κ1) is 9.37. The van der Waals surface area contributed by atoms with Gasteiger partial charge in [-0.1, -0.05) is 0 Å². The van der Waals surface area contributed by atoms with E-state index >= 15 is 0 Å². The van der Waals surface area contributed by atoms with Crippen LogP contribution < -0.4 is 5.32 Å². The van der Waals surface area contributed by atoms with Gasteiger partial charge < -0.3 is 5.32 Å². The summed E-state index contributed by atoms with van der Waals surface area (Å²) in [5.74, 6) is 0.818. The third-order valence-corrected chi connectivity index (χ3v) is 3.96. The maximum atomic E-state index is 11.7. The lowest BCUT2D eigenvalue weighted by atomic mass is 9.95. The van der Waals surface area contributed by atoms with Crippen molar-refractivity contribution in [3.63, 3.8) is 0 Å². The standard InChI is InChI=1S/C9H10BrNOS/c10-8-5-13-4-7(8)9(12)1-6-2-11-3-6/h4-6,11H,1-3H2. The third-order valence-electron chi connectivity index (χ3n) is 2.26. The summed E-state index contributed by atoms with van der Waals surface area (Å²) in [4.78, 5) is 11.7. The molecule has 2 heterocycles. The van der Waals surface area contributed by atoms with E-state index in [9.17, 15) is 4.79 Å². The maximum absolute atomic E-state index is 11.7. The molecular formula is C9H10BrNOS. The van der Waals surface area contributed by atoms with E-state index in [1.54, 1.807) is 11.3 Å². The average Bonchev–Trinajstić information content (AvgIpc) is 2.43. The molecule has 1 saturated heterocycles. The fourth-order valence-electron chi connectivity index (χ4n) is 1.35. The first-order valence-electron chi connectivity index (χ1n) is 4.23. The van der Waals surface area contributed by atoms with Crippen molar-refractivity contribution in [2.45, 2.75) is 6.42 Å². The molecule has 0 atom stereocenters. The Morgan fingerprint density at radius 1 is 1.62 bits per heavy atom. The van der Waals surface area contributed by atoms with Gasteiger partial charge in [-0.05, 0) is 34.9 Å². The number of carbonyl (C=O) groups is 1. The summed E-state index contributed by atoms with van der Waals surface area (Å²) in [5, 5.41) is 7.03. The number of carbonyl (C=O) groups excluding carboxylic acids is 1. The Bertz CT molecular complexity index is 319. The summed E-state index contributed by atoms with van der Waals surface area (Å²) >= 11 is 4.93. The summed E-state index contributed by atoms with van der Waals surface area (Å²) in [5.41, 5.74) is 0.844. The second-order valence-corrected chi connectivity index (χ2v) is 4.88. The van der Waals surface area contributed by atoms with E-state index in [1.807, 2.05) is 10.8 Å². The fourth-order valence-corrected chi connectivity index (χ4v) is 2.87. The maximum Gasteiger partial charge on any atom is 0.165 e. The number of Topliss-reactive ketones (excluding diaryl/α,β-unsaturated/α-hetero) is 1. The lowest BCUT2D eigenvalue weighted by Crippen LogP contribution is -2.42. The van der Waals surface area contributed by atoms with Crippen molar-refractivity contribution in [3.8, 4) is 0 Å². The van der Waals surface area contributed by atoms with Crippen LogP contribution in [0.25, 0.3) is 0 Å². The van der Waals surface area contributed by atoms with Crippen molar-refractivity contribution >= 4 is 33.0 Å². The molecule has 13 heavy (non-hydrogen) atoms. The summed E-state index contributed by atoms with van der Waals surface area (Å²) in [6.45, 7) is 1.99. The summed E-state index contributed by atoms with van der Waals surface area (Å²) < 4.78 is 0.940. The molecule has 1 N–H and O–H groups in total. The van der Waals surface area contributed by atoms with Gasteiger partial charge >= 0.3 is 0 Å². The molecule has 0 saturated carbocycles. The predicted molar refractivity (Wildman–Crippen MR) is 57.3 cm³/mol. The van der Waals surface area contributed by atoms with Crippen LogP contribution in [0.4, 0.5) is 0 Å². The Balaban J connectivity index is 2.00. The first-order valence-corrected chi connectivity index (χ1v) is 5.96. The van der Waals surface area contributed by atoms with Gasteiger partial charge in [-0.3, -0.25) is 4.79 Å². The zero-order valence-electron chi connectivity index (χ0n) is 7.05. The number of rotatable bonds is 3. The number of ketones is 1. The molecule has 0 spiro atoms. The molecule has 1 aromatic heterocycles. The predicted octanol–water partition coefficient (Wildman–Crippen LogP) is 2.30. The van der Waals surface area contributed by atoms with Crippen LogP contribution in [0.2, 0.25) is 0 Å². The Kier molecular flexibility index (Phi) is 2.81. The van der Waals surface area contributed by atoms with Gasteiger partial charge in [0.2, 0.25) is 0 Å². The number of hydrogen-bond acceptors (Lipinski definition) is 3. The Hall–Kier alpha value is -0.190. The van der Waals surface area contributed by atoms with Crippen molar-refractivity contribution in [2.24, 2.45) is 5.92 Å². The van der Waals surface area contributed by atoms with Gasteiger partial charge in [-0.2, -0.15) is 11.3 Å². The molecule has 1 aliphatic heterocycles. The van der Waals surface area contributed by atoms with E-state index in [0.717, 1.165) is 23.1 Å². The molecule has 0 unspecified atom stereocenters. The minimum Gasteiger partial charge on any atom is -0.316 e. The highest BCUT2D eigenvalue weighted by atomic mass is 79.9. The third kappa shape index (κ3) is 2.00. The molecule has 0 radical (unpaired) electrons. The topological polar surface area (TPSA) is 29.1 Å². The van der Waals surface area contributed by atoms with Crippen LogP contribution in [0, 0.1) is 5.92 Å². The molecule has 0 amide bonds. The molecule has 4 heteroatoms. The van der Waals surface area contributed by atoms with Crippen LogP contribution in [0.15, 0.2) is 15.2 Å².